The van der Waals surface area contributed by atoms with Crippen LogP contribution in [0.3, 0.4) is 0 Å². The molecule has 0 aliphatic heterocycles. The van der Waals surface area contributed by atoms with E-state index in [0.717, 1.165) is 5.69 Å². The van der Waals surface area contributed by atoms with Gasteiger partial charge in [-0.05, 0) is 36.4 Å². The second-order valence-corrected chi connectivity index (χ2v) is 8.58. The summed E-state index contributed by atoms with van der Waals surface area (Å²) >= 11 is 7.15. The molecule has 0 unspecified atom stereocenters. The van der Waals surface area contributed by atoms with Gasteiger partial charge in [-0.25, -0.2) is 0 Å². The van der Waals surface area contributed by atoms with Crippen LogP contribution >= 0.6 is 23.4 Å². The van der Waals surface area contributed by atoms with Gasteiger partial charge in [0.1, 0.15) is 18.1 Å². The van der Waals surface area contributed by atoms with Crippen molar-refractivity contribution >= 4 is 34.8 Å². The molecule has 0 fully saturated rings. The number of Topliss-reactive ketones (excluding diaryl/α,β-unsaturated/α-hetero) is 1. The van der Waals surface area contributed by atoms with Crippen molar-refractivity contribution in [2.45, 2.75) is 18.2 Å². The van der Waals surface area contributed by atoms with E-state index in [1.54, 1.807) is 42.5 Å². The number of ketones is 1. The molecule has 1 heterocycles. The van der Waals surface area contributed by atoms with Gasteiger partial charge in [-0.3, -0.25) is 19.5 Å². The second kappa shape index (κ2) is 11.0. The Hall–Kier alpha value is -3.69. The van der Waals surface area contributed by atoms with E-state index < -0.39 is 4.92 Å². The van der Waals surface area contributed by atoms with Gasteiger partial charge in [-0.15, -0.1) is 10.2 Å². The topological polar surface area (TPSA) is 100 Å². The summed E-state index contributed by atoms with van der Waals surface area (Å²) in [5, 5.41) is 20.9. The molecule has 0 bridgehead atoms. The van der Waals surface area contributed by atoms with Gasteiger partial charge in [0.25, 0.3) is 5.69 Å². The number of nitro benzene ring substituents is 1. The number of thioether (sulfide) groups is 1. The summed E-state index contributed by atoms with van der Waals surface area (Å²) in [7, 11) is 0. The van der Waals surface area contributed by atoms with Crippen molar-refractivity contribution in [3.63, 3.8) is 0 Å². The van der Waals surface area contributed by atoms with Crippen molar-refractivity contribution in [3.05, 3.63) is 105 Å². The molecular formula is C24H19ClN4O4S. The zero-order chi connectivity index (χ0) is 23.9. The van der Waals surface area contributed by atoms with Crippen LogP contribution in [-0.2, 0) is 17.8 Å². The maximum atomic E-state index is 12.6. The highest BCUT2D eigenvalue weighted by Gasteiger charge is 2.19. The highest BCUT2D eigenvalue weighted by molar-refractivity contribution is 7.99. The Morgan fingerprint density at radius 1 is 1.00 bits per heavy atom. The van der Waals surface area contributed by atoms with E-state index >= 15 is 0 Å². The molecule has 1 aromatic heterocycles. The molecule has 8 nitrogen and oxygen atoms in total. The van der Waals surface area contributed by atoms with Gasteiger partial charge in [0.05, 0.1) is 10.7 Å². The van der Waals surface area contributed by atoms with Gasteiger partial charge in [0.2, 0.25) is 0 Å². The van der Waals surface area contributed by atoms with Gasteiger partial charge >= 0.3 is 0 Å². The van der Waals surface area contributed by atoms with E-state index in [0.29, 0.717) is 27.3 Å². The fourth-order valence-electron chi connectivity index (χ4n) is 3.25. The third kappa shape index (κ3) is 5.81. The third-order valence-corrected chi connectivity index (χ3v) is 6.08. The maximum absolute atomic E-state index is 12.6. The summed E-state index contributed by atoms with van der Waals surface area (Å²) in [6, 6.07) is 22.8. The van der Waals surface area contributed by atoms with Crippen molar-refractivity contribution in [2.75, 3.05) is 5.75 Å². The van der Waals surface area contributed by atoms with E-state index in [2.05, 4.69) is 10.2 Å². The molecule has 0 N–H and O–H groups in total. The third-order valence-electron chi connectivity index (χ3n) is 4.83. The van der Waals surface area contributed by atoms with Gasteiger partial charge in [-0.1, -0.05) is 59.8 Å². The summed E-state index contributed by atoms with van der Waals surface area (Å²) in [5.74, 6) is 1.14. The van der Waals surface area contributed by atoms with Crippen LogP contribution in [0.2, 0.25) is 5.02 Å². The Morgan fingerprint density at radius 3 is 2.44 bits per heavy atom. The first kappa shape index (κ1) is 23.5. The lowest BCUT2D eigenvalue weighted by Crippen LogP contribution is -2.10. The minimum absolute atomic E-state index is 0.0316. The van der Waals surface area contributed by atoms with E-state index in [-0.39, 0.29) is 30.3 Å². The van der Waals surface area contributed by atoms with Crippen LogP contribution in [0, 0.1) is 10.1 Å². The van der Waals surface area contributed by atoms with E-state index in [9.17, 15) is 14.9 Å². The second-order valence-electron chi connectivity index (χ2n) is 7.20. The molecule has 4 rings (SSSR count). The zero-order valence-corrected chi connectivity index (χ0v) is 19.4. The first-order valence-corrected chi connectivity index (χ1v) is 11.6. The number of nitro groups is 1. The number of hydrogen-bond acceptors (Lipinski definition) is 7. The molecule has 34 heavy (non-hydrogen) atoms. The minimum atomic E-state index is -0.477. The number of carbonyl (C=O) groups is 1. The van der Waals surface area contributed by atoms with Gasteiger partial charge in [0, 0.05) is 28.8 Å². The Morgan fingerprint density at radius 2 is 1.71 bits per heavy atom. The number of nitrogens with zero attached hydrogens (tertiary/aromatic N) is 4. The lowest BCUT2D eigenvalue weighted by atomic mass is 10.1. The molecular weight excluding hydrogens is 476 g/mol. The molecule has 0 atom stereocenters. The number of hydrogen-bond donors (Lipinski definition) is 0. The average Bonchev–Trinajstić information content (AvgIpc) is 3.26. The number of aromatic nitrogens is 3. The smallest absolute Gasteiger partial charge is 0.273 e. The Balaban J connectivity index is 1.49. The average molecular weight is 495 g/mol. The standard InChI is InChI=1S/C24H19ClN4O4S/c25-18-10-12-21(13-11-18)33-15-23-26-27-24(28(23)19-7-2-1-3-8-19)34-16-20(30)14-17-6-4-5-9-22(17)29(31)32/h1-13H,14-16H2. The van der Waals surface area contributed by atoms with Crippen molar-refractivity contribution in [1.82, 2.24) is 14.8 Å². The van der Waals surface area contributed by atoms with Crippen LogP contribution in [-0.4, -0.2) is 31.2 Å². The fourth-order valence-corrected chi connectivity index (χ4v) is 4.21. The van der Waals surface area contributed by atoms with E-state index in [1.165, 1.54) is 17.8 Å². The van der Waals surface area contributed by atoms with Crippen LogP contribution in [0.25, 0.3) is 5.69 Å². The first-order valence-electron chi connectivity index (χ1n) is 10.3. The SMILES string of the molecule is O=C(CSc1nnc(COc2ccc(Cl)cc2)n1-c1ccccc1)Cc1ccccc1[N+](=O)[O-]. The van der Waals surface area contributed by atoms with Crippen LogP contribution < -0.4 is 4.74 Å². The quantitative estimate of drug-likeness (QED) is 0.167. The van der Waals surface area contributed by atoms with Gasteiger partial charge in [0.15, 0.2) is 11.0 Å². The molecule has 10 heteroatoms. The number of rotatable bonds is 10. The lowest BCUT2D eigenvalue weighted by molar-refractivity contribution is -0.385. The molecule has 0 radical (unpaired) electrons. The van der Waals surface area contributed by atoms with Crippen LogP contribution in [0.15, 0.2) is 84.0 Å². The molecule has 0 amide bonds. The van der Waals surface area contributed by atoms with Crippen molar-refractivity contribution in [2.24, 2.45) is 0 Å². The Kier molecular flexibility index (Phi) is 7.56. The van der Waals surface area contributed by atoms with Crippen LogP contribution in [0.1, 0.15) is 11.4 Å². The van der Waals surface area contributed by atoms with E-state index in [4.69, 9.17) is 16.3 Å². The highest BCUT2D eigenvalue weighted by atomic mass is 35.5. The monoisotopic (exact) mass is 494 g/mol. The fraction of sp³-hybridized carbons (Fsp3) is 0.125. The van der Waals surface area contributed by atoms with Gasteiger partial charge < -0.3 is 4.74 Å². The maximum Gasteiger partial charge on any atom is 0.273 e. The summed E-state index contributed by atoms with van der Waals surface area (Å²) < 4.78 is 7.67. The number of halogens is 1. The van der Waals surface area contributed by atoms with E-state index in [1.807, 2.05) is 34.9 Å². The van der Waals surface area contributed by atoms with Crippen LogP contribution in [0.5, 0.6) is 5.75 Å². The van der Waals surface area contributed by atoms with Crippen molar-refractivity contribution in [3.8, 4) is 11.4 Å². The number of ether oxygens (including phenoxy) is 1. The highest BCUT2D eigenvalue weighted by Crippen LogP contribution is 2.25. The molecule has 0 spiro atoms. The van der Waals surface area contributed by atoms with Crippen molar-refractivity contribution in [1.29, 1.82) is 0 Å². The number of carbonyl (C=O) groups excluding carboxylic acids is 1. The predicted octanol–water partition coefficient (Wildman–Crippen LogP) is 5.31. The lowest BCUT2D eigenvalue weighted by Gasteiger charge is -2.11. The Labute approximate surface area is 204 Å². The molecule has 0 aliphatic carbocycles. The summed E-state index contributed by atoms with van der Waals surface area (Å²) in [6.45, 7) is 0.161. The molecule has 4 aromatic rings. The molecule has 0 saturated heterocycles. The summed E-state index contributed by atoms with van der Waals surface area (Å²) in [4.78, 5) is 23.4. The first-order chi connectivity index (χ1) is 16.5. The number of para-hydroxylation sites is 2. The molecule has 3 aromatic carbocycles. The zero-order valence-electron chi connectivity index (χ0n) is 17.8. The summed E-state index contributed by atoms with van der Waals surface area (Å²) in [5.41, 5.74) is 1.16. The Bertz CT molecular complexity index is 1300. The van der Waals surface area contributed by atoms with Gasteiger partial charge in [-0.2, -0.15) is 0 Å². The predicted molar refractivity (Wildman–Crippen MR) is 130 cm³/mol. The minimum Gasteiger partial charge on any atom is -0.486 e. The molecule has 172 valence electrons. The molecule has 0 saturated carbocycles. The summed E-state index contributed by atoms with van der Waals surface area (Å²) in [6.07, 6.45) is -0.0316. The number of benzene rings is 3. The van der Waals surface area contributed by atoms with Crippen molar-refractivity contribution < 1.29 is 14.5 Å². The molecule has 0 aliphatic rings. The largest absolute Gasteiger partial charge is 0.486 e. The van der Waals surface area contributed by atoms with Crippen LogP contribution in [0.4, 0.5) is 5.69 Å². The normalized spacial score (nSPS) is 10.7.